The Balaban J connectivity index is 1.60. The second kappa shape index (κ2) is 8.53. The number of nitrogens with zero attached hydrogens (tertiary/aromatic N) is 6. The van der Waals surface area contributed by atoms with E-state index in [-0.39, 0.29) is 17.8 Å². The Kier molecular flexibility index (Phi) is 5.42. The summed E-state index contributed by atoms with van der Waals surface area (Å²) in [5.41, 5.74) is 5.03. The largest absolute Gasteiger partial charge is 0.373 e. The van der Waals surface area contributed by atoms with E-state index in [2.05, 4.69) is 28.6 Å². The number of hydrogen-bond acceptors (Lipinski definition) is 5. The molecule has 0 aliphatic carbocycles. The van der Waals surface area contributed by atoms with Gasteiger partial charge in [-0.25, -0.2) is 9.37 Å². The highest BCUT2D eigenvalue weighted by atomic mass is 35.5. The second-order valence-electron chi connectivity index (χ2n) is 9.33. The third-order valence-electron chi connectivity index (χ3n) is 6.72. The zero-order chi connectivity index (χ0) is 25.1. The average Bonchev–Trinajstić information content (AvgIpc) is 3.63. The highest BCUT2D eigenvalue weighted by molar-refractivity contribution is 6.30. The number of halogens is 2. The van der Waals surface area contributed by atoms with Crippen molar-refractivity contribution in [3.05, 3.63) is 81.8 Å². The molecular weight excluding hydrogens is 483 g/mol. The summed E-state index contributed by atoms with van der Waals surface area (Å²) >= 11 is 6.21. The van der Waals surface area contributed by atoms with Gasteiger partial charge < -0.3 is 9.30 Å². The first kappa shape index (κ1) is 22.9. The Labute approximate surface area is 212 Å². The predicted molar refractivity (Wildman–Crippen MR) is 134 cm³/mol. The van der Waals surface area contributed by atoms with Crippen molar-refractivity contribution in [2.24, 2.45) is 0 Å². The molecule has 1 amide bonds. The molecule has 184 valence electrons. The van der Waals surface area contributed by atoms with Crippen LogP contribution < -0.4 is 4.90 Å². The van der Waals surface area contributed by atoms with Crippen LogP contribution in [0.5, 0.6) is 0 Å². The number of benzene rings is 1. The van der Waals surface area contributed by atoms with Crippen LogP contribution >= 0.6 is 11.6 Å². The number of imidazole rings is 1. The van der Waals surface area contributed by atoms with Gasteiger partial charge in [0.2, 0.25) is 0 Å². The average molecular weight is 507 g/mol. The molecule has 1 aromatic carbocycles. The van der Waals surface area contributed by atoms with Crippen molar-refractivity contribution in [1.29, 1.82) is 0 Å². The van der Waals surface area contributed by atoms with Crippen LogP contribution in [-0.2, 0) is 11.4 Å². The molecule has 2 aliphatic heterocycles. The fourth-order valence-electron chi connectivity index (χ4n) is 5.14. The number of aryl methyl sites for hydroxylation is 1. The summed E-state index contributed by atoms with van der Waals surface area (Å²) < 4.78 is 22.9. The number of alkyl halides is 1. The molecule has 1 atom stereocenters. The fraction of sp³-hybridized carbons (Fsp3) is 0.308. The Morgan fingerprint density at radius 2 is 2.00 bits per heavy atom. The smallest absolute Gasteiger partial charge is 0.279 e. The number of anilines is 1. The highest BCUT2D eigenvalue weighted by Gasteiger charge is 2.45. The molecule has 10 heteroatoms. The third-order valence-corrected chi connectivity index (χ3v) is 6.98. The lowest BCUT2D eigenvalue weighted by Crippen LogP contribution is -2.31. The van der Waals surface area contributed by atoms with E-state index < -0.39 is 12.7 Å². The van der Waals surface area contributed by atoms with Gasteiger partial charge >= 0.3 is 0 Å². The SMILES string of the molecule is Cc1cc(N2C(=O)c3nc(C4=CCOC4)n(C(C)C)c3C2c2ccc(Cl)cc2)cn2c(CF)nnc12. The van der Waals surface area contributed by atoms with Crippen LogP contribution in [0.2, 0.25) is 5.02 Å². The van der Waals surface area contributed by atoms with Crippen molar-refractivity contribution >= 4 is 34.4 Å². The Morgan fingerprint density at radius 3 is 2.67 bits per heavy atom. The minimum atomic E-state index is -0.765. The van der Waals surface area contributed by atoms with Gasteiger partial charge in [0.1, 0.15) is 18.5 Å². The molecule has 0 bridgehead atoms. The number of aromatic nitrogens is 5. The van der Waals surface area contributed by atoms with E-state index in [9.17, 15) is 9.18 Å². The molecule has 0 spiro atoms. The van der Waals surface area contributed by atoms with E-state index >= 15 is 0 Å². The van der Waals surface area contributed by atoms with Crippen LogP contribution in [0.3, 0.4) is 0 Å². The standard InChI is InChI=1S/C26H24ClFN6O2/c1-14(2)33-23-21(29-25(33)17-8-9-36-13-17)26(35)34(22(23)16-4-6-18(27)7-5-16)19-10-15(3)24-31-30-20(11-28)32(24)12-19/h4-8,10,12,14,22H,9,11,13H2,1-3H3. The van der Waals surface area contributed by atoms with Gasteiger partial charge in [0.05, 0.1) is 24.6 Å². The molecule has 0 N–H and O–H groups in total. The van der Waals surface area contributed by atoms with Crippen LogP contribution in [0, 0.1) is 6.92 Å². The van der Waals surface area contributed by atoms with Gasteiger partial charge in [-0.1, -0.05) is 23.7 Å². The first-order valence-electron chi connectivity index (χ1n) is 11.8. The molecule has 36 heavy (non-hydrogen) atoms. The van der Waals surface area contributed by atoms with Crippen LogP contribution in [0.15, 0.2) is 42.6 Å². The number of hydrogen-bond donors (Lipinski definition) is 0. The molecule has 0 saturated carbocycles. The summed E-state index contributed by atoms with van der Waals surface area (Å²) in [7, 11) is 0. The zero-order valence-corrected chi connectivity index (χ0v) is 20.8. The van der Waals surface area contributed by atoms with Crippen molar-refractivity contribution in [3.8, 4) is 0 Å². The minimum Gasteiger partial charge on any atom is -0.373 e. The molecule has 3 aromatic heterocycles. The van der Waals surface area contributed by atoms with Crippen molar-refractivity contribution in [2.45, 2.75) is 39.5 Å². The highest BCUT2D eigenvalue weighted by Crippen LogP contribution is 2.44. The normalized spacial score (nSPS) is 17.5. The van der Waals surface area contributed by atoms with Gasteiger partial charge in [-0.3, -0.25) is 14.1 Å². The van der Waals surface area contributed by atoms with E-state index in [1.807, 2.05) is 43.3 Å². The van der Waals surface area contributed by atoms with Crippen molar-refractivity contribution in [2.75, 3.05) is 18.1 Å². The van der Waals surface area contributed by atoms with E-state index in [1.54, 1.807) is 15.5 Å². The van der Waals surface area contributed by atoms with Crippen molar-refractivity contribution < 1.29 is 13.9 Å². The monoisotopic (exact) mass is 506 g/mol. The maximum absolute atomic E-state index is 14.0. The van der Waals surface area contributed by atoms with Crippen LogP contribution in [0.1, 0.15) is 64.9 Å². The lowest BCUT2D eigenvalue weighted by molar-refractivity contribution is 0.0989. The Morgan fingerprint density at radius 1 is 1.22 bits per heavy atom. The molecule has 1 unspecified atom stereocenters. The molecule has 0 saturated heterocycles. The molecule has 0 fully saturated rings. The second-order valence-corrected chi connectivity index (χ2v) is 9.77. The predicted octanol–water partition coefficient (Wildman–Crippen LogP) is 5.10. The first-order valence-corrected chi connectivity index (χ1v) is 12.1. The molecule has 4 aromatic rings. The third kappa shape index (κ3) is 3.37. The fourth-order valence-corrected chi connectivity index (χ4v) is 5.26. The summed E-state index contributed by atoms with van der Waals surface area (Å²) in [6.07, 6.45) is 3.73. The summed E-state index contributed by atoms with van der Waals surface area (Å²) in [5.74, 6) is 0.714. The maximum Gasteiger partial charge on any atom is 0.279 e. The number of ether oxygens (including phenoxy) is 1. The van der Waals surface area contributed by atoms with E-state index in [0.717, 1.165) is 28.2 Å². The van der Waals surface area contributed by atoms with E-state index in [1.165, 1.54) is 0 Å². The molecule has 8 nitrogen and oxygen atoms in total. The van der Waals surface area contributed by atoms with E-state index in [0.29, 0.717) is 35.3 Å². The maximum atomic E-state index is 14.0. The van der Waals surface area contributed by atoms with Crippen molar-refractivity contribution in [3.63, 3.8) is 0 Å². The summed E-state index contributed by atoms with van der Waals surface area (Å²) in [4.78, 5) is 20.6. The quantitative estimate of drug-likeness (QED) is 0.376. The first-order chi connectivity index (χ1) is 17.4. The van der Waals surface area contributed by atoms with Crippen LogP contribution in [-0.4, -0.2) is 43.3 Å². The minimum absolute atomic E-state index is 0.0421. The van der Waals surface area contributed by atoms with Gasteiger partial charge in [-0.2, -0.15) is 0 Å². The number of amides is 1. The Bertz CT molecular complexity index is 1540. The molecule has 6 rings (SSSR count). The van der Waals surface area contributed by atoms with Gasteiger partial charge in [0, 0.05) is 22.8 Å². The topological polar surface area (TPSA) is 77.6 Å². The van der Waals surface area contributed by atoms with Crippen LogP contribution in [0.4, 0.5) is 10.1 Å². The van der Waals surface area contributed by atoms with Crippen LogP contribution in [0.25, 0.3) is 11.2 Å². The van der Waals surface area contributed by atoms with Gasteiger partial charge in [-0.05, 0) is 56.2 Å². The summed E-state index contributed by atoms with van der Waals surface area (Å²) in [6, 6.07) is 8.95. The Hall–Kier alpha value is -3.56. The van der Waals surface area contributed by atoms with E-state index in [4.69, 9.17) is 21.3 Å². The molecule has 5 heterocycles. The van der Waals surface area contributed by atoms with Gasteiger partial charge in [0.15, 0.2) is 17.2 Å². The number of carbonyl (C=O) groups excluding carboxylic acids is 1. The molecular formula is C26H24ClFN6O2. The molecule has 2 aliphatic rings. The lowest BCUT2D eigenvalue weighted by Gasteiger charge is -2.29. The number of pyridine rings is 1. The zero-order valence-electron chi connectivity index (χ0n) is 20.1. The van der Waals surface area contributed by atoms with Crippen molar-refractivity contribution in [1.82, 2.24) is 24.1 Å². The number of carbonyl (C=O) groups is 1. The number of fused-ring (bicyclic) bond motifs is 2. The summed E-state index contributed by atoms with van der Waals surface area (Å²) in [5, 5.41) is 8.67. The van der Waals surface area contributed by atoms with Gasteiger partial charge in [0.25, 0.3) is 5.91 Å². The lowest BCUT2D eigenvalue weighted by atomic mass is 10.0. The molecule has 0 radical (unpaired) electrons. The van der Waals surface area contributed by atoms with Gasteiger partial charge in [-0.15, -0.1) is 10.2 Å². The number of rotatable bonds is 5. The summed E-state index contributed by atoms with van der Waals surface area (Å²) in [6.45, 7) is 6.25.